The van der Waals surface area contributed by atoms with Gasteiger partial charge in [-0.2, -0.15) is 18.4 Å². The quantitative estimate of drug-likeness (QED) is 0.170. The average molecular weight is 664 g/mol. The van der Waals surface area contributed by atoms with Gasteiger partial charge in [0.1, 0.15) is 23.4 Å². The average Bonchev–Trinajstić information content (AvgIpc) is 3.70. The highest BCUT2D eigenvalue weighted by atomic mass is 19.4. The Balaban J connectivity index is 1.26. The first-order valence-electron chi connectivity index (χ1n) is 15.4. The first-order chi connectivity index (χ1) is 23.5. The molecule has 0 spiro atoms. The summed E-state index contributed by atoms with van der Waals surface area (Å²) in [5.41, 5.74) is 6.47. The van der Waals surface area contributed by atoms with Crippen LogP contribution in [0.4, 0.5) is 24.7 Å². The number of oxazole rings is 1. The molecule has 4 heterocycles. The van der Waals surface area contributed by atoms with Crippen LogP contribution in [0.5, 0.6) is 0 Å². The van der Waals surface area contributed by atoms with Crippen LogP contribution in [-0.2, 0) is 12.7 Å². The maximum Gasteiger partial charge on any atom is 0.451 e. The Morgan fingerprint density at radius 3 is 2.51 bits per heavy atom. The number of carbonyl (C=O) groups excluding carboxylic acids is 1. The molecule has 0 aliphatic carbocycles. The second-order valence-electron chi connectivity index (χ2n) is 12.0. The Kier molecular flexibility index (Phi) is 8.06. The summed E-state index contributed by atoms with van der Waals surface area (Å²) < 4.78 is 48.0. The van der Waals surface area contributed by atoms with Crippen LogP contribution < -0.4 is 5.32 Å². The molecule has 3 aromatic heterocycles. The lowest BCUT2D eigenvalue weighted by Crippen LogP contribution is -2.21. The molecule has 10 nitrogen and oxygen atoms in total. The van der Waals surface area contributed by atoms with Crippen LogP contribution in [0, 0.1) is 25.2 Å². The minimum atomic E-state index is -4.79. The fourth-order valence-corrected chi connectivity index (χ4v) is 6.25. The van der Waals surface area contributed by atoms with Gasteiger partial charge in [-0.15, -0.1) is 0 Å². The Morgan fingerprint density at radius 1 is 1.04 bits per heavy atom. The third kappa shape index (κ3) is 6.08. The summed E-state index contributed by atoms with van der Waals surface area (Å²) in [6, 6.07) is 17.7. The van der Waals surface area contributed by atoms with Gasteiger partial charge in [0, 0.05) is 42.6 Å². The van der Waals surface area contributed by atoms with Crippen molar-refractivity contribution in [1.29, 1.82) is 5.26 Å². The lowest BCUT2D eigenvalue weighted by atomic mass is 9.93. The lowest BCUT2D eigenvalue weighted by Gasteiger charge is -2.18. The topological polar surface area (TPSA) is 141 Å². The number of aldehydes is 1. The van der Waals surface area contributed by atoms with E-state index in [1.807, 2.05) is 43.0 Å². The Morgan fingerprint density at radius 2 is 1.80 bits per heavy atom. The van der Waals surface area contributed by atoms with Gasteiger partial charge in [0.05, 0.1) is 17.2 Å². The van der Waals surface area contributed by atoms with Gasteiger partial charge >= 0.3 is 6.18 Å². The van der Waals surface area contributed by atoms with Gasteiger partial charge in [0.2, 0.25) is 11.7 Å². The number of pyridine rings is 1. The number of aliphatic hydroxyl groups excluding tert-OH is 1. The highest BCUT2D eigenvalue weighted by Crippen LogP contribution is 2.38. The zero-order valence-corrected chi connectivity index (χ0v) is 26.3. The molecule has 1 atom stereocenters. The minimum absolute atomic E-state index is 0.0533. The molecule has 0 unspecified atom stereocenters. The molecule has 13 heteroatoms. The van der Waals surface area contributed by atoms with Crippen LogP contribution in [0.3, 0.4) is 0 Å². The summed E-state index contributed by atoms with van der Waals surface area (Å²) in [6.45, 7) is 5.35. The van der Waals surface area contributed by atoms with Crippen molar-refractivity contribution in [3.63, 3.8) is 0 Å². The molecule has 0 radical (unpaired) electrons. The minimum Gasteiger partial charge on any atom is -0.435 e. The number of likely N-dealkylation sites (tertiary alicyclic amines) is 1. The van der Waals surface area contributed by atoms with Gasteiger partial charge in [-0.25, -0.2) is 15.0 Å². The SMILES string of the molecule is Cc1c(Nc2nc(C(F)(F)F)nc3cc(CN4CC[C@H](O)C4)cnc23)cccc1-c1cccc(-c2nc3cc(C=O)cc(C#N)c3o2)c1C. The van der Waals surface area contributed by atoms with Crippen molar-refractivity contribution in [3.8, 4) is 28.7 Å². The summed E-state index contributed by atoms with van der Waals surface area (Å²) in [4.78, 5) is 30.1. The highest BCUT2D eigenvalue weighted by molar-refractivity contribution is 5.91. The molecule has 0 bridgehead atoms. The largest absolute Gasteiger partial charge is 0.451 e. The summed E-state index contributed by atoms with van der Waals surface area (Å²) in [6.07, 6.45) is -2.33. The van der Waals surface area contributed by atoms with Crippen LogP contribution in [0.15, 0.2) is 65.2 Å². The smallest absolute Gasteiger partial charge is 0.435 e. The number of hydrogen-bond acceptors (Lipinski definition) is 10. The van der Waals surface area contributed by atoms with Gasteiger partial charge in [0.25, 0.3) is 0 Å². The van der Waals surface area contributed by atoms with E-state index in [9.17, 15) is 28.3 Å². The van der Waals surface area contributed by atoms with Gasteiger partial charge in [-0.3, -0.25) is 14.7 Å². The predicted molar refractivity (Wildman–Crippen MR) is 176 cm³/mol. The second kappa shape index (κ2) is 12.4. The van der Waals surface area contributed by atoms with Crippen molar-refractivity contribution in [2.75, 3.05) is 18.4 Å². The number of nitrogens with zero attached hydrogens (tertiary/aromatic N) is 6. The Bertz CT molecular complexity index is 2310. The van der Waals surface area contributed by atoms with Crippen LogP contribution >= 0.6 is 0 Å². The normalized spacial score (nSPS) is 15.2. The number of aromatic nitrogens is 4. The molecule has 0 amide bonds. The molecule has 246 valence electrons. The predicted octanol–water partition coefficient (Wildman–Crippen LogP) is 7.13. The standard InChI is InChI=1S/C36H28F3N7O3/c1-19-25(5-3-7-27(19)34-43-30-12-21(18-47)11-23(14-40)32(30)49-34)26-6-4-8-28(20(26)2)42-33-31-29(44-35(45-33)36(37,38)39)13-22(15-41-31)16-46-10-9-24(48)17-46/h3-8,11-13,15,18,24,48H,9-10,16-17H2,1-2H3,(H,42,44,45)/t24-/m0/s1. The van der Waals surface area contributed by atoms with E-state index >= 15 is 0 Å². The number of β-amino-alcohol motifs (C(OH)–C–C–N with tert-alkyl or cyclic N) is 1. The molecule has 7 rings (SSSR count). The number of alkyl halides is 3. The summed E-state index contributed by atoms with van der Waals surface area (Å²) in [5, 5.41) is 22.6. The first-order valence-corrected chi connectivity index (χ1v) is 15.4. The van der Waals surface area contributed by atoms with E-state index in [4.69, 9.17) is 4.42 Å². The Labute approximate surface area is 277 Å². The highest BCUT2D eigenvalue weighted by Gasteiger charge is 2.36. The lowest BCUT2D eigenvalue weighted by molar-refractivity contribution is -0.144. The van der Waals surface area contributed by atoms with Crippen molar-refractivity contribution < 1.29 is 27.5 Å². The summed E-state index contributed by atoms with van der Waals surface area (Å²) in [7, 11) is 0. The van der Waals surface area contributed by atoms with E-state index in [0.29, 0.717) is 60.2 Å². The third-order valence-electron chi connectivity index (χ3n) is 8.71. The summed E-state index contributed by atoms with van der Waals surface area (Å²) in [5.74, 6) is -1.09. The number of carbonyl (C=O) groups is 1. The van der Waals surface area contributed by atoms with E-state index in [2.05, 4.69) is 31.3 Å². The van der Waals surface area contributed by atoms with Gasteiger partial charge < -0.3 is 14.8 Å². The third-order valence-corrected chi connectivity index (χ3v) is 8.71. The Hall–Kier alpha value is -5.71. The van der Waals surface area contributed by atoms with E-state index in [-0.39, 0.29) is 33.9 Å². The molecular weight excluding hydrogens is 635 g/mol. The van der Waals surface area contributed by atoms with Crippen molar-refractivity contribution in [2.45, 2.75) is 39.1 Å². The molecule has 2 N–H and O–H groups in total. The monoisotopic (exact) mass is 663 g/mol. The van der Waals surface area contributed by atoms with Crippen LogP contribution in [0.2, 0.25) is 0 Å². The van der Waals surface area contributed by atoms with Gasteiger partial charge in [-0.05, 0) is 78.4 Å². The van der Waals surface area contributed by atoms with Gasteiger partial charge in [-0.1, -0.05) is 24.3 Å². The molecule has 1 fully saturated rings. The number of anilines is 2. The van der Waals surface area contributed by atoms with Crippen LogP contribution in [-0.4, -0.2) is 55.4 Å². The number of nitrogens with one attached hydrogen (secondary N) is 1. The second-order valence-corrected chi connectivity index (χ2v) is 12.0. The van der Waals surface area contributed by atoms with E-state index < -0.39 is 18.1 Å². The molecule has 1 aliphatic heterocycles. The fraction of sp³-hybridized carbons (Fsp3) is 0.222. The van der Waals surface area contributed by atoms with Crippen molar-refractivity contribution in [3.05, 3.63) is 94.4 Å². The molecule has 1 saturated heterocycles. The molecule has 1 aliphatic rings. The number of nitriles is 1. The van der Waals surface area contributed by atoms with Crippen LogP contribution in [0.1, 0.15) is 44.9 Å². The van der Waals surface area contributed by atoms with Crippen molar-refractivity contribution in [1.82, 2.24) is 24.8 Å². The van der Waals surface area contributed by atoms with E-state index in [1.54, 1.807) is 30.5 Å². The zero-order chi connectivity index (χ0) is 34.4. The zero-order valence-electron chi connectivity index (χ0n) is 26.3. The van der Waals surface area contributed by atoms with E-state index in [1.165, 1.54) is 6.07 Å². The van der Waals surface area contributed by atoms with Crippen LogP contribution in [0.25, 0.3) is 44.7 Å². The molecule has 0 saturated carbocycles. The molecule has 49 heavy (non-hydrogen) atoms. The maximum absolute atomic E-state index is 14.0. The summed E-state index contributed by atoms with van der Waals surface area (Å²) >= 11 is 0. The molecule has 6 aromatic rings. The number of benzene rings is 3. The maximum atomic E-state index is 14.0. The van der Waals surface area contributed by atoms with E-state index in [0.717, 1.165) is 22.3 Å². The van der Waals surface area contributed by atoms with Crippen molar-refractivity contribution in [2.24, 2.45) is 0 Å². The van der Waals surface area contributed by atoms with Crippen molar-refractivity contribution >= 4 is 39.9 Å². The number of aliphatic hydroxyl groups is 1. The number of hydrogen-bond donors (Lipinski definition) is 2. The number of fused-ring (bicyclic) bond motifs is 2. The van der Waals surface area contributed by atoms with Gasteiger partial charge in [0.15, 0.2) is 11.4 Å². The first kappa shape index (κ1) is 31.9. The number of halogens is 3. The fourth-order valence-electron chi connectivity index (χ4n) is 6.25. The molecular formula is C36H28F3N7O3. The molecule has 3 aromatic carbocycles. The number of rotatable bonds is 7.